The van der Waals surface area contributed by atoms with E-state index < -0.39 is 11.9 Å². The van der Waals surface area contributed by atoms with E-state index in [0.29, 0.717) is 5.69 Å². The summed E-state index contributed by atoms with van der Waals surface area (Å²) >= 11 is 0. The van der Waals surface area contributed by atoms with Gasteiger partial charge in [-0.05, 0) is 36.8 Å². The van der Waals surface area contributed by atoms with E-state index in [0.717, 1.165) is 16.1 Å². The van der Waals surface area contributed by atoms with Gasteiger partial charge in [0, 0.05) is 18.9 Å². The third-order valence-corrected chi connectivity index (χ3v) is 4.60. The van der Waals surface area contributed by atoms with Crippen molar-refractivity contribution in [2.75, 3.05) is 6.54 Å². The lowest BCUT2D eigenvalue weighted by Gasteiger charge is -2.09. The minimum Gasteiger partial charge on any atom is -0.456 e. The van der Waals surface area contributed by atoms with Crippen LogP contribution in [0.15, 0.2) is 55.4 Å². The Balaban J connectivity index is 1.51. The fraction of sp³-hybridized carbons (Fsp3) is 0.143. The Morgan fingerprint density at radius 3 is 2.75 bits per heavy atom. The molecule has 1 aromatic carbocycles. The number of esters is 1. The Hall–Kier alpha value is -3.74. The zero-order chi connectivity index (χ0) is 19.8. The van der Waals surface area contributed by atoms with Crippen molar-refractivity contribution in [3.63, 3.8) is 0 Å². The van der Waals surface area contributed by atoms with Crippen LogP contribution in [0.25, 0.3) is 5.65 Å². The molecule has 0 radical (unpaired) electrons. The fourth-order valence-corrected chi connectivity index (χ4v) is 3.21. The number of imide groups is 1. The molecule has 2 amide bonds. The Morgan fingerprint density at radius 1 is 1.21 bits per heavy atom. The Bertz CT molecular complexity index is 1150. The minimum atomic E-state index is -0.584. The maximum atomic E-state index is 12.4. The molecule has 0 aliphatic carbocycles. The van der Waals surface area contributed by atoms with Gasteiger partial charge in [-0.3, -0.25) is 14.5 Å². The van der Waals surface area contributed by atoms with Crippen LogP contribution in [-0.2, 0) is 11.3 Å². The highest BCUT2D eigenvalue weighted by molar-refractivity contribution is 6.22. The van der Waals surface area contributed by atoms with Crippen molar-refractivity contribution < 1.29 is 19.1 Å². The van der Waals surface area contributed by atoms with Gasteiger partial charge in [-0.25, -0.2) is 9.78 Å². The maximum absolute atomic E-state index is 12.4. The Kier molecular flexibility index (Phi) is 4.27. The summed E-state index contributed by atoms with van der Waals surface area (Å²) in [4.78, 5) is 42.6. The molecule has 2 aromatic heterocycles. The molecule has 3 heterocycles. The molecule has 140 valence electrons. The predicted molar refractivity (Wildman–Crippen MR) is 101 cm³/mol. The zero-order valence-corrected chi connectivity index (χ0v) is 15.2. The number of aromatic nitrogens is 2. The molecular formula is C21H17N3O4. The summed E-state index contributed by atoms with van der Waals surface area (Å²) in [6, 6.07) is 8.23. The number of amides is 2. The molecule has 4 rings (SSSR count). The van der Waals surface area contributed by atoms with E-state index in [2.05, 4.69) is 11.6 Å². The lowest BCUT2D eigenvalue weighted by atomic mass is 10.1. The van der Waals surface area contributed by atoms with Gasteiger partial charge in [-0.2, -0.15) is 0 Å². The molecule has 0 atom stereocenters. The van der Waals surface area contributed by atoms with Gasteiger partial charge in [0.25, 0.3) is 11.8 Å². The van der Waals surface area contributed by atoms with Crippen molar-refractivity contribution >= 4 is 23.4 Å². The van der Waals surface area contributed by atoms with Crippen LogP contribution in [-0.4, -0.2) is 38.6 Å². The fourth-order valence-electron chi connectivity index (χ4n) is 3.21. The van der Waals surface area contributed by atoms with E-state index in [4.69, 9.17) is 4.74 Å². The molecule has 3 aromatic rings. The zero-order valence-electron chi connectivity index (χ0n) is 15.2. The number of ether oxygens (including phenoxy) is 1. The normalized spacial score (nSPS) is 13.1. The summed E-state index contributed by atoms with van der Waals surface area (Å²) in [6.45, 7) is 5.63. The van der Waals surface area contributed by atoms with Crippen molar-refractivity contribution in [1.82, 2.24) is 14.3 Å². The number of carbonyl (C=O) groups is 3. The molecule has 0 spiro atoms. The van der Waals surface area contributed by atoms with Crippen molar-refractivity contribution in [2.45, 2.75) is 13.5 Å². The van der Waals surface area contributed by atoms with Crippen LogP contribution in [0.3, 0.4) is 0 Å². The average Bonchev–Trinajstić information content (AvgIpc) is 3.22. The quantitative estimate of drug-likeness (QED) is 0.389. The SMILES string of the molecule is C=CCN1C(=O)c2ccc(C(=O)OCc3cn4cccc(C)c4n3)cc2C1=O. The third-order valence-electron chi connectivity index (χ3n) is 4.60. The highest BCUT2D eigenvalue weighted by Crippen LogP contribution is 2.24. The van der Waals surface area contributed by atoms with Gasteiger partial charge >= 0.3 is 5.97 Å². The maximum Gasteiger partial charge on any atom is 0.338 e. The largest absolute Gasteiger partial charge is 0.456 e. The van der Waals surface area contributed by atoms with Crippen LogP contribution in [0, 0.1) is 6.92 Å². The first-order valence-electron chi connectivity index (χ1n) is 8.71. The molecule has 0 saturated carbocycles. The van der Waals surface area contributed by atoms with E-state index in [1.165, 1.54) is 24.3 Å². The van der Waals surface area contributed by atoms with Crippen LogP contribution in [0.1, 0.15) is 42.3 Å². The number of rotatable bonds is 5. The number of nitrogens with zero attached hydrogens (tertiary/aromatic N) is 3. The van der Waals surface area contributed by atoms with Gasteiger partial charge in [0.05, 0.1) is 22.4 Å². The molecule has 0 fully saturated rings. The summed E-state index contributed by atoms with van der Waals surface area (Å²) < 4.78 is 7.21. The van der Waals surface area contributed by atoms with Crippen LogP contribution >= 0.6 is 0 Å². The van der Waals surface area contributed by atoms with Crippen molar-refractivity contribution in [1.29, 1.82) is 0 Å². The lowest BCUT2D eigenvalue weighted by molar-refractivity contribution is 0.0468. The predicted octanol–water partition coefficient (Wildman–Crippen LogP) is 2.78. The third kappa shape index (κ3) is 2.87. The van der Waals surface area contributed by atoms with Crippen LogP contribution in [0.4, 0.5) is 0 Å². The van der Waals surface area contributed by atoms with Gasteiger partial charge < -0.3 is 9.14 Å². The number of carbonyl (C=O) groups excluding carboxylic acids is 3. The van der Waals surface area contributed by atoms with E-state index >= 15 is 0 Å². The molecule has 1 aliphatic heterocycles. The number of hydrogen-bond acceptors (Lipinski definition) is 5. The summed E-state index contributed by atoms with van der Waals surface area (Å²) in [5, 5.41) is 0. The second-order valence-corrected chi connectivity index (χ2v) is 6.50. The summed E-state index contributed by atoms with van der Waals surface area (Å²) in [5.74, 6) is -1.41. The lowest BCUT2D eigenvalue weighted by Crippen LogP contribution is -2.29. The first kappa shape index (κ1) is 17.7. The molecule has 0 bridgehead atoms. The monoisotopic (exact) mass is 375 g/mol. The van der Waals surface area contributed by atoms with E-state index in [9.17, 15) is 14.4 Å². The van der Waals surface area contributed by atoms with Gasteiger partial charge in [0.2, 0.25) is 0 Å². The van der Waals surface area contributed by atoms with Crippen molar-refractivity contribution in [3.8, 4) is 0 Å². The summed E-state index contributed by atoms with van der Waals surface area (Å²) in [7, 11) is 0. The average molecular weight is 375 g/mol. The minimum absolute atomic E-state index is 0.00645. The van der Waals surface area contributed by atoms with E-state index in [1.807, 2.05) is 29.7 Å². The standard InChI is InChI=1S/C21H17N3O4/c1-3-8-24-19(25)16-7-6-14(10-17(16)20(24)26)21(27)28-12-15-11-23-9-4-5-13(2)18(23)22-15/h3-7,9-11H,1,8,12H2,2H3. The molecule has 7 nitrogen and oxygen atoms in total. The number of aryl methyl sites for hydroxylation is 1. The number of imidazole rings is 1. The van der Waals surface area contributed by atoms with Crippen molar-refractivity contribution in [3.05, 3.63) is 83.3 Å². The number of pyridine rings is 1. The van der Waals surface area contributed by atoms with Gasteiger partial charge in [-0.1, -0.05) is 12.1 Å². The molecule has 0 N–H and O–H groups in total. The van der Waals surface area contributed by atoms with Gasteiger partial charge in [0.15, 0.2) is 0 Å². The molecular weight excluding hydrogens is 358 g/mol. The van der Waals surface area contributed by atoms with Crippen LogP contribution in [0.2, 0.25) is 0 Å². The molecule has 1 aliphatic rings. The Morgan fingerprint density at radius 2 is 2.00 bits per heavy atom. The number of fused-ring (bicyclic) bond motifs is 2. The smallest absolute Gasteiger partial charge is 0.338 e. The topological polar surface area (TPSA) is 81.0 Å². The first-order valence-corrected chi connectivity index (χ1v) is 8.71. The highest BCUT2D eigenvalue weighted by Gasteiger charge is 2.35. The molecule has 0 saturated heterocycles. The number of benzene rings is 1. The van der Waals surface area contributed by atoms with Gasteiger partial charge in [-0.15, -0.1) is 6.58 Å². The molecule has 0 unspecified atom stereocenters. The van der Waals surface area contributed by atoms with Crippen LogP contribution in [0.5, 0.6) is 0 Å². The Labute approximate surface area is 160 Å². The van der Waals surface area contributed by atoms with E-state index in [-0.39, 0.29) is 35.7 Å². The molecule has 7 heteroatoms. The second kappa shape index (κ2) is 6.77. The molecule has 28 heavy (non-hydrogen) atoms. The van der Waals surface area contributed by atoms with Crippen molar-refractivity contribution in [2.24, 2.45) is 0 Å². The van der Waals surface area contributed by atoms with Crippen LogP contribution < -0.4 is 0 Å². The number of hydrogen-bond donors (Lipinski definition) is 0. The van der Waals surface area contributed by atoms with E-state index in [1.54, 1.807) is 6.20 Å². The second-order valence-electron chi connectivity index (χ2n) is 6.50. The highest BCUT2D eigenvalue weighted by atomic mass is 16.5. The summed E-state index contributed by atoms with van der Waals surface area (Å²) in [6.07, 6.45) is 5.15. The van der Waals surface area contributed by atoms with Gasteiger partial charge in [0.1, 0.15) is 12.3 Å². The first-order chi connectivity index (χ1) is 13.5. The summed E-state index contributed by atoms with van der Waals surface area (Å²) in [5.41, 5.74) is 3.12.